The molecule has 4 rings (SSSR count). The monoisotopic (exact) mass is 401 g/mol. The largest absolute Gasteiger partial charge is 0.438 e. The normalized spacial score (nSPS) is 14.3. The fraction of sp³-hybridized carbons (Fsp3) is 0.208. The molecule has 0 spiro atoms. The van der Waals surface area contributed by atoms with Gasteiger partial charge in [0, 0.05) is 11.9 Å². The molecule has 0 radical (unpaired) electrons. The van der Waals surface area contributed by atoms with E-state index in [4.69, 9.17) is 4.74 Å². The molecule has 2 aromatic carbocycles. The highest BCUT2D eigenvalue weighted by Crippen LogP contribution is 2.45. The van der Waals surface area contributed by atoms with Gasteiger partial charge in [-0.25, -0.2) is 9.37 Å². The average Bonchev–Trinajstić information content (AvgIpc) is 2.71. The first kappa shape index (κ1) is 19.6. The Morgan fingerprint density at radius 2 is 1.97 bits per heavy atom. The molecule has 0 bridgehead atoms. The molecule has 150 valence electrons. The van der Waals surface area contributed by atoms with Crippen molar-refractivity contribution >= 4 is 11.6 Å². The summed E-state index contributed by atoms with van der Waals surface area (Å²) in [4.78, 5) is 17.2. The van der Waals surface area contributed by atoms with Gasteiger partial charge >= 0.3 is 0 Å². The zero-order chi connectivity index (χ0) is 21.1. The summed E-state index contributed by atoms with van der Waals surface area (Å²) < 4.78 is 19.0. The van der Waals surface area contributed by atoms with Crippen LogP contribution in [0.1, 0.15) is 36.0 Å². The molecule has 1 aromatic heterocycles. The van der Waals surface area contributed by atoms with Crippen LogP contribution in [0.4, 0.5) is 10.1 Å². The summed E-state index contributed by atoms with van der Waals surface area (Å²) in [5.74, 6) is 0.361. The van der Waals surface area contributed by atoms with Gasteiger partial charge in [-0.15, -0.1) is 0 Å². The van der Waals surface area contributed by atoms with Gasteiger partial charge in [-0.3, -0.25) is 4.79 Å². The van der Waals surface area contributed by atoms with Gasteiger partial charge in [0.1, 0.15) is 23.2 Å². The van der Waals surface area contributed by atoms with Gasteiger partial charge in [0.15, 0.2) is 0 Å². The quantitative estimate of drug-likeness (QED) is 0.633. The van der Waals surface area contributed by atoms with Crippen LogP contribution in [0.5, 0.6) is 11.6 Å². The molecule has 5 nitrogen and oxygen atoms in total. The van der Waals surface area contributed by atoms with E-state index in [1.165, 1.54) is 12.1 Å². The smallest absolute Gasteiger partial charge is 0.237 e. The van der Waals surface area contributed by atoms with E-state index in [0.29, 0.717) is 17.0 Å². The van der Waals surface area contributed by atoms with Crippen molar-refractivity contribution in [1.29, 1.82) is 5.26 Å². The predicted octanol–water partition coefficient (Wildman–Crippen LogP) is 5.25. The van der Waals surface area contributed by atoms with E-state index in [1.807, 2.05) is 13.0 Å². The molecule has 1 aliphatic rings. The summed E-state index contributed by atoms with van der Waals surface area (Å²) in [6, 6.07) is 16.8. The molecule has 6 heteroatoms. The second kappa shape index (κ2) is 7.96. The minimum atomic E-state index is -0.620. The van der Waals surface area contributed by atoms with E-state index in [-0.39, 0.29) is 17.6 Å². The topological polar surface area (TPSA) is 75.0 Å². The lowest BCUT2D eigenvalue weighted by Crippen LogP contribution is -2.46. The lowest BCUT2D eigenvalue weighted by Gasteiger charge is -2.40. The average molecular weight is 401 g/mol. The van der Waals surface area contributed by atoms with Crippen molar-refractivity contribution in [2.75, 3.05) is 5.32 Å². The Kier molecular flexibility index (Phi) is 5.20. The van der Waals surface area contributed by atoms with E-state index in [9.17, 15) is 14.4 Å². The molecule has 1 aliphatic carbocycles. The fourth-order valence-corrected chi connectivity index (χ4v) is 3.70. The van der Waals surface area contributed by atoms with Crippen molar-refractivity contribution in [3.63, 3.8) is 0 Å². The Morgan fingerprint density at radius 3 is 2.60 bits per heavy atom. The molecule has 0 unspecified atom stereocenters. The van der Waals surface area contributed by atoms with Gasteiger partial charge in [-0.2, -0.15) is 5.26 Å². The standard InChI is InChI=1S/C24H20FN3O2/c1-16-14-20(30-22-17(15-26)4-2-13-27-22)9-10-21(16)28-23(29)24(11-3-12-24)18-5-7-19(25)8-6-18/h2,4-10,13-14H,3,11-12H2,1H3,(H,28,29). The number of hydrogen-bond donors (Lipinski definition) is 1. The van der Waals surface area contributed by atoms with E-state index in [0.717, 1.165) is 30.4 Å². The molecule has 0 atom stereocenters. The number of carbonyl (C=O) groups excluding carboxylic acids is 1. The van der Waals surface area contributed by atoms with Crippen LogP contribution in [-0.2, 0) is 10.2 Å². The summed E-state index contributed by atoms with van der Waals surface area (Å²) in [6.07, 6.45) is 4.00. The minimum absolute atomic E-state index is 0.0892. The number of rotatable bonds is 5. The third-order valence-corrected chi connectivity index (χ3v) is 5.59. The van der Waals surface area contributed by atoms with Crippen molar-refractivity contribution in [2.45, 2.75) is 31.6 Å². The Balaban J connectivity index is 1.53. The van der Waals surface area contributed by atoms with Crippen LogP contribution < -0.4 is 10.1 Å². The number of anilines is 1. The Bertz CT molecular complexity index is 1130. The van der Waals surface area contributed by atoms with Crippen molar-refractivity contribution < 1.29 is 13.9 Å². The summed E-state index contributed by atoms with van der Waals surface area (Å²) in [7, 11) is 0. The zero-order valence-electron chi connectivity index (χ0n) is 16.5. The third kappa shape index (κ3) is 3.62. The molecule has 1 saturated carbocycles. The van der Waals surface area contributed by atoms with Crippen molar-refractivity contribution in [1.82, 2.24) is 4.98 Å². The SMILES string of the molecule is Cc1cc(Oc2ncccc2C#N)ccc1NC(=O)C1(c2ccc(F)cc2)CCC1. The predicted molar refractivity (Wildman–Crippen MR) is 111 cm³/mol. The van der Waals surface area contributed by atoms with Gasteiger partial charge in [-0.05, 0) is 73.4 Å². The number of amides is 1. The number of nitrogens with zero attached hydrogens (tertiary/aromatic N) is 2. The number of nitrogens with one attached hydrogen (secondary N) is 1. The molecule has 1 amide bonds. The highest BCUT2D eigenvalue weighted by atomic mass is 19.1. The van der Waals surface area contributed by atoms with Gasteiger partial charge in [0.25, 0.3) is 0 Å². The Labute approximate surface area is 174 Å². The van der Waals surface area contributed by atoms with Crippen molar-refractivity contribution in [2.24, 2.45) is 0 Å². The highest BCUT2D eigenvalue weighted by Gasteiger charge is 2.45. The number of pyridine rings is 1. The van der Waals surface area contributed by atoms with Crippen LogP contribution in [0, 0.1) is 24.1 Å². The minimum Gasteiger partial charge on any atom is -0.438 e. The summed E-state index contributed by atoms with van der Waals surface area (Å²) in [6.45, 7) is 1.87. The number of hydrogen-bond acceptors (Lipinski definition) is 4. The maximum atomic E-state index is 13.3. The van der Waals surface area contributed by atoms with Gasteiger partial charge in [0.2, 0.25) is 11.8 Å². The first-order valence-corrected chi connectivity index (χ1v) is 9.73. The summed E-state index contributed by atoms with van der Waals surface area (Å²) in [5, 5.41) is 12.2. The number of benzene rings is 2. The molecular formula is C24H20FN3O2. The third-order valence-electron chi connectivity index (χ3n) is 5.59. The Morgan fingerprint density at radius 1 is 1.20 bits per heavy atom. The summed E-state index contributed by atoms with van der Waals surface area (Å²) >= 11 is 0. The van der Waals surface area contributed by atoms with E-state index >= 15 is 0 Å². The first-order valence-electron chi connectivity index (χ1n) is 9.73. The molecule has 0 saturated heterocycles. The molecular weight excluding hydrogens is 381 g/mol. The number of aromatic nitrogens is 1. The maximum absolute atomic E-state index is 13.3. The molecule has 1 N–H and O–H groups in total. The van der Waals surface area contributed by atoms with Crippen molar-refractivity contribution in [3.8, 4) is 17.7 Å². The summed E-state index contributed by atoms with van der Waals surface area (Å²) in [5.41, 5.74) is 2.07. The lowest BCUT2D eigenvalue weighted by atomic mass is 9.63. The van der Waals surface area contributed by atoms with Crippen LogP contribution in [0.3, 0.4) is 0 Å². The van der Waals surface area contributed by atoms with Crippen LogP contribution in [0.2, 0.25) is 0 Å². The molecule has 0 aliphatic heterocycles. The van der Waals surface area contributed by atoms with E-state index in [1.54, 1.807) is 48.7 Å². The number of halogens is 1. The number of carbonyl (C=O) groups is 1. The van der Waals surface area contributed by atoms with Gasteiger partial charge in [-0.1, -0.05) is 18.6 Å². The number of aryl methyl sites for hydroxylation is 1. The number of nitriles is 1. The van der Waals surface area contributed by atoms with E-state index < -0.39 is 5.41 Å². The second-order valence-electron chi connectivity index (χ2n) is 7.44. The van der Waals surface area contributed by atoms with Gasteiger partial charge in [0.05, 0.1) is 5.41 Å². The zero-order valence-corrected chi connectivity index (χ0v) is 16.5. The van der Waals surface area contributed by atoms with Crippen LogP contribution >= 0.6 is 0 Å². The van der Waals surface area contributed by atoms with Gasteiger partial charge < -0.3 is 10.1 Å². The molecule has 1 heterocycles. The first-order chi connectivity index (χ1) is 14.5. The molecule has 1 fully saturated rings. The Hall–Kier alpha value is -3.72. The maximum Gasteiger partial charge on any atom is 0.237 e. The number of ether oxygens (including phenoxy) is 1. The van der Waals surface area contributed by atoms with Crippen LogP contribution in [-0.4, -0.2) is 10.9 Å². The molecule has 3 aromatic rings. The van der Waals surface area contributed by atoms with E-state index in [2.05, 4.69) is 10.3 Å². The lowest BCUT2D eigenvalue weighted by molar-refractivity contribution is -0.124. The van der Waals surface area contributed by atoms with Crippen molar-refractivity contribution in [3.05, 3.63) is 83.3 Å². The van der Waals surface area contributed by atoms with Crippen LogP contribution in [0.15, 0.2) is 60.8 Å². The second-order valence-corrected chi connectivity index (χ2v) is 7.44. The highest BCUT2D eigenvalue weighted by molar-refractivity contribution is 6.00. The fourth-order valence-electron chi connectivity index (χ4n) is 3.70. The van der Waals surface area contributed by atoms with Crippen LogP contribution in [0.25, 0.3) is 0 Å². The molecule has 30 heavy (non-hydrogen) atoms.